The van der Waals surface area contributed by atoms with Gasteiger partial charge in [-0.15, -0.1) is 0 Å². The molecule has 2 aliphatic rings. The van der Waals surface area contributed by atoms with Gasteiger partial charge in [0.15, 0.2) is 11.6 Å². The van der Waals surface area contributed by atoms with Gasteiger partial charge in [-0.25, -0.2) is 13.6 Å². The highest BCUT2D eigenvalue weighted by molar-refractivity contribution is 5.90. The molecule has 1 atom stereocenters. The first-order valence-corrected chi connectivity index (χ1v) is 9.22. The van der Waals surface area contributed by atoms with Crippen molar-refractivity contribution in [2.75, 3.05) is 36.0 Å². The Morgan fingerprint density at radius 2 is 1.96 bits per heavy atom. The van der Waals surface area contributed by atoms with E-state index in [4.69, 9.17) is 10.00 Å². The maximum Gasteiger partial charge on any atom is 0.414 e. The predicted molar refractivity (Wildman–Crippen MR) is 97.8 cm³/mol. The summed E-state index contributed by atoms with van der Waals surface area (Å²) in [6.45, 7) is 2.53. The topological polar surface area (TPSA) is 85.7 Å². The van der Waals surface area contributed by atoms with E-state index < -0.39 is 23.8 Å². The zero-order chi connectivity index (χ0) is 20.3. The number of carbonyl (C=O) groups excluding carboxylic acids is 2. The van der Waals surface area contributed by atoms with E-state index in [-0.39, 0.29) is 36.3 Å². The van der Waals surface area contributed by atoms with Crippen molar-refractivity contribution in [1.29, 1.82) is 5.26 Å². The van der Waals surface area contributed by atoms with Crippen LogP contribution in [-0.2, 0) is 9.53 Å². The van der Waals surface area contributed by atoms with Gasteiger partial charge in [0, 0.05) is 38.6 Å². The highest BCUT2D eigenvalue weighted by Gasteiger charge is 2.34. The molecule has 28 heavy (non-hydrogen) atoms. The normalized spacial score (nSPS) is 20.1. The fourth-order valence-electron chi connectivity index (χ4n) is 3.60. The quantitative estimate of drug-likeness (QED) is 0.832. The lowest BCUT2D eigenvalue weighted by Gasteiger charge is -2.33. The van der Waals surface area contributed by atoms with E-state index >= 15 is 0 Å². The maximum atomic E-state index is 14.7. The van der Waals surface area contributed by atoms with Crippen LogP contribution in [0.15, 0.2) is 12.1 Å². The van der Waals surface area contributed by atoms with Crippen LogP contribution in [0.5, 0.6) is 0 Å². The van der Waals surface area contributed by atoms with Crippen molar-refractivity contribution in [3.8, 4) is 6.07 Å². The molecule has 0 aromatic heterocycles. The molecule has 0 unspecified atom stereocenters. The van der Waals surface area contributed by atoms with Crippen LogP contribution in [0.1, 0.15) is 26.2 Å². The van der Waals surface area contributed by atoms with E-state index in [9.17, 15) is 18.4 Å². The van der Waals surface area contributed by atoms with Crippen molar-refractivity contribution in [1.82, 2.24) is 5.32 Å². The molecule has 1 N–H and O–H groups in total. The second-order valence-corrected chi connectivity index (χ2v) is 7.10. The zero-order valence-corrected chi connectivity index (χ0v) is 15.6. The average Bonchev–Trinajstić information content (AvgIpc) is 3.02. The monoisotopic (exact) mass is 392 g/mol. The molecule has 2 fully saturated rings. The van der Waals surface area contributed by atoms with Gasteiger partial charge in [0.2, 0.25) is 5.91 Å². The first-order valence-electron chi connectivity index (χ1n) is 9.22. The minimum absolute atomic E-state index is 0.0773. The molecule has 7 nitrogen and oxygen atoms in total. The summed E-state index contributed by atoms with van der Waals surface area (Å²) in [4.78, 5) is 25.8. The third kappa shape index (κ3) is 4.32. The fraction of sp³-hybridized carbons (Fsp3) is 0.526. The van der Waals surface area contributed by atoms with Crippen LogP contribution in [0.4, 0.5) is 25.0 Å². The molecule has 150 valence electrons. The number of nitriles is 1. The van der Waals surface area contributed by atoms with E-state index in [2.05, 4.69) is 11.4 Å². The van der Waals surface area contributed by atoms with Crippen LogP contribution in [0.3, 0.4) is 0 Å². The number of amides is 2. The van der Waals surface area contributed by atoms with Crippen molar-refractivity contribution in [2.45, 2.75) is 32.3 Å². The Labute approximate surface area is 161 Å². The Hall–Kier alpha value is -2.89. The molecule has 2 aliphatic heterocycles. The third-order valence-electron chi connectivity index (χ3n) is 5.08. The van der Waals surface area contributed by atoms with Gasteiger partial charge in [0.1, 0.15) is 11.8 Å². The standard InChI is InChI=1S/C19H22F2N4O3/c1-12(26)23-10-15-11-25(19(27)28-15)14-8-16(20)18(17(21)9-14)24-6-3-13(2-5-22)4-7-24/h8-9,13,15H,2-4,6-7,10-11H2,1H3,(H,23,26)/t15-/m0/s1. The lowest BCUT2D eigenvalue weighted by atomic mass is 9.94. The van der Waals surface area contributed by atoms with Crippen molar-refractivity contribution in [2.24, 2.45) is 5.92 Å². The second-order valence-electron chi connectivity index (χ2n) is 7.10. The molecule has 2 amide bonds. The summed E-state index contributed by atoms with van der Waals surface area (Å²) >= 11 is 0. The summed E-state index contributed by atoms with van der Waals surface area (Å²) in [5.74, 6) is -1.49. The molecule has 1 aromatic carbocycles. The number of nitrogens with one attached hydrogen (secondary N) is 1. The molecular weight excluding hydrogens is 370 g/mol. The predicted octanol–water partition coefficient (Wildman–Crippen LogP) is 2.56. The Bertz CT molecular complexity index is 780. The Balaban J connectivity index is 1.71. The van der Waals surface area contributed by atoms with Gasteiger partial charge in [-0.2, -0.15) is 5.26 Å². The molecule has 3 rings (SSSR count). The van der Waals surface area contributed by atoms with Gasteiger partial charge in [-0.3, -0.25) is 9.69 Å². The number of piperidine rings is 1. The summed E-state index contributed by atoms with van der Waals surface area (Å²) in [6, 6.07) is 4.39. The maximum absolute atomic E-state index is 14.7. The number of rotatable bonds is 5. The molecule has 2 heterocycles. The van der Waals surface area contributed by atoms with E-state index in [1.54, 1.807) is 4.90 Å². The summed E-state index contributed by atoms with van der Waals surface area (Å²) in [6.07, 6.45) is 0.573. The zero-order valence-electron chi connectivity index (χ0n) is 15.6. The minimum Gasteiger partial charge on any atom is -0.442 e. The number of hydrogen-bond acceptors (Lipinski definition) is 5. The van der Waals surface area contributed by atoms with E-state index in [1.165, 1.54) is 6.92 Å². The molecular formula is C19H22F2N4O3. The number of cyclic esters (lactones) is 1. The second kappa shape index (κ2) is 8.42. The fourth-order valence-corrected chi connectivity index (χ4v) is 3.60. The Morgan fingerprint density at radius 3 is 2.54 bits per heavy atom. The molecule has 0 radical (unpaired) electrons. The lowest BCUT2D eigenvalue weighted by Crippen LogP contribution is -2.35. The number of hydrogen-bond donors (Lipinski definition) is 1. The number of benzene rings is 1. The molecule has 0 aliphatic carbocycles. The van der Waals surface area contributed by atoms with Crippen LogP contribution in [0, 0.1) is 28.9 Å². The van der Waals surface area contributed by atoms with E-state index in [0.717, 1.165) is 17.0 Å². The van der Waals surface area contributed by atoms with Gasteiger partial charge >= 0.3 is 6.09 Å². The first kappa shape index (κ1) is 19.9. The SMILES string of the molecule is CC(=O)NC[C@H]1CN(c2cc(F)c(N3CCC(CC#N)CC3)c(F)c2)C(=O)O1. The molecule has 0 bridgehead atoms. The van der Waals surface area contributed by atoms with E-state index in [0.29, 0.717) is 32.4 Å². The van der Waals surface area contributed by atoms with Crippen molar-refractivity contribution >= 4 is 23.4 Å². The average molecular weight is 392 g/mol. The van der Waals surface area contributed by atoms with Crippen LogP contribution < -0.4 is 15.1 Å². The number of anilines is 2. The third-order valence-corrected chi connectivity index (χ3v) is 5.08. The van der Waals surface area contributed by atoms with Gasteiger partial charge in [0.25, 0.3) is 0 Å². The van der Waals surface area contributed by atoms with Gasteiger partial charge in [0.05, 0.1) is 24.8 Å². The van der Waals surface area contributed by atoms with Gasteiger partial charge in [-0.05, 0) is 18.8 Å². The summed E-state index contributed by atoms with van der Waals surface area (Å²) < 4.78 is 34.5. The summed E-state index contributed by atoms with van der Waals surface area (Å²) in [5.41, 5.74) is -0.0324. The lowest BCUT2D eigenvalue weighted by molar-refractivity contribution is -0.119. The van der Waals surface area contributed by atoms with Crippen LogP contribution in [0.2, 0.25) is 0 Å². The first-order chi connectivity index (χ1) is 13.4. The Morgan fingerprint density at radius 1 is 1.32 bits per heavy atom. The van der Waals surface area contributed by atoms with Crippen LogP contribution >= 0.6 is 0 Å². The van der Waals surface area contributed by atoms with Gasteiger partial charge in [-0.1, -0.05) is 0 Å². The molecule has 0 saturated carbocycles. The Kier molecular flexibility index (Phi) is 5.97. The highest BCUT2D eigenvalue weighted by atomic mass is 19.1. The molecule has 9 heteroatoms. The van der Waals surface area contributed by atoms with E-state index in [1.807, 2.05) is 0 Å². The minimum atomic E-state index is -0.744. The van der Waals surface area contributed by atoms with Crippen LogP contribution in [-0.4, -0.2) is 44.3 Å². The summed E-state index contributed by atoms with van der Waals surface area (Å²) in [5, 5.41) is 11.3. The summed E-state index contributed by atoms with van der Waals surface area (Å²) in [7, 11) is 0. The van der Waals surface area contributed by atoms with Crippen molar-refractivity contribution in [3.63, 3.8) is 0 Å². The number of nitrogens with zero attached hydrogens (tertiary/aromatic N) is 3. The van der Waals surface area contributed by atoms with Crippen LogP contribution in [0.25, 0.3) is 0 Å². The molecule has 2 saturated heterocycles. The largest absolute Gasteiger partial charge is 0.442 e. The van der Waals surface area contributed by atoms with Gasteiger partial charge < -0.3 is 15.0 Å². The number of carbonyl (C=O) groups is 2. The van der Waals surface area contributed by atoms with Crippen molar-refractivity contribution in [3.05, 3.63) is 23.8 Å². The highest BCUT2D eigenvalue weighted by Crippen LogP contribution is 2.33. The molecule has 0 spiro atoms. The number of halogens is 2. The number of ether oxygens (including phenoxy) is 1. The van der Waals surface area contributed by atoms with Crippen molar-refractivity contribution < 1.29 is 23.1 Å². The molecule has 1 aromatic rings. The smallest absolute Gasteiger partial charge is 0.414 e.